The highest BCUT2D eigenvalue weighted by Crippen LogP contribution is 2.24. The highest BCUT2D eigenvalue weighted by atomic mass is 35.5. The van der Waals surface area contributed by atoms with E-state index in [0.29, 0.717) is 0 Å². The van der Waals surface area contributed by atoms with E-state index < -0.39 is 11.8 Å². The average Bonchev–Trinajstić information content (AvgIpc) is 2.14. The average molecular weight is 181 g/mol. The first-order valence-corrected chi connectivity index (χ1v) is 3.54. The van der Waals surface area contributed by atoms with E-state index >= 15 is 0 Å². The van der Waals surface area contributed by atoms with E-state index in [4.69, 9.17) is 16.7 Å². The number of hydrogen-bond donors (Lipinski definition) is 1. The Morgan fingerprint density at radius 2 is 2.40 bits per heavy atom. The second kappa shape index (κ2) is 2.56. The molecule has 0 amide bonds. The van der Waals surface area contributed by atoms with Crippen LogP contribution in [0.4, 0.5) is 4.39 Å². The number of hydrogen-bond acceptors (Lipinski definition) is 2. The third-order valence-corrected chi connectivity index (χ3v) is 2.23. The van der Waals surface area contributed by atoms with Crippen molar-refractivity contribution in [3.05, 3.63) is 21.1 Å². The minimum absolute atomic E-state index is 0.137. The molecule has 1 aromatic rings. The van der Waals surface area contributed by atoms with Crippen LogP contribution in [-0.4, -0.2) is 11.1 Å². The lowest BCUT2D eigenvalue weighted by Crippen LogP contribution is -1.94. The molecule has 0 bridgehead atoms. The molecular formula is C5H2ClFO2S. The molecule has 0 saturated heterocycles. The van der Waals surface area contributed by atoms with Crippen LogP contribution in [0.15, 0.2) is 5.38 Å². The molecule has 0 aliphatic heterocycles. The summed E-state index contributed by atoms with van der Waals surface area (Å²) < 4.78 is 12.5. The Labute approximate surface area is 64.9 Å². The van der Waals surface area contributed by atoms with Crippen molar-refractivity contribution >= 4 is 28.9 Å². The minimum Gasteiger partial charge on any atom is -0.477 e. The Morgan fingerprint density at radius 3 is 2.60 bits per heavy atom. The molecule has 1 aromatic heterocycles. The second-order valence-electron chi connectivity index (χ2n) is 1.53. The van der Waals surface area contributed by atoms with Crippen molar-refractivity contribution in [1.82, 2.24) is 0 Å². The van der Waals surface area contributed by atoms with E-state index in [1.165, 1.54) is 5.38 Å². The number of carboxylic acid groups (broad SMARTS) is 1. The van der Waals surface area contributed by atoms with Crippen LogP contribution in [0.3, 0.4) is 0 Å². The summed E-state index contributed by atoms with van der Waals surface area (Å²) in [4.78, 5) is 9.80. The number of carbonyl (C=O) groups is 1. The lowest BCUT2D eigenvalue weighted by Gasteiger charge is -1.84. The standard InChI is InChI=1S/C5H2ClFO2S/c6-2-1-10-4(3(2)7)5(8)9/h1H,(H,8,9). The molecule has 1 rings (SSSR count). The second-order valence-corrected chi connectivity index (χ2v) is 2.82. The van der Waals surface area contributed by atoms with Crippen LogP contribution in [0.1, 0.15) is 9.67 Å². The summed E-state index contributed by atoms with van der Waals surface area (Å²) in [6.45, 7) is 0. The highest BCUT2D eigenvalue weighted by molar-refractivity contribution is 7.12. The predicted octanol–water partition coefficient (Wildman–Crippen LogP) is 2.24. The summed E-state index contributed by atoms with van der Waals surface area (Å²) in [5, 5.41) is 9.40. The number of halogens is 2. The van der Waals surface area contributed by atoms with Gasteiger partial charge < -0.3 is 5.11 Å². The Bertz CT molecular complexity index is 271. The normalized spacial score (nSPS) is 9.80. The van der Waals surface area contributed by atoms with E-state index in [1.54, 1.807) is 0 Å². The van der Waals surface area contributed by atoms with E-state index in [9.17, 15) is 9.18 Å². The summed E-state index contributed by atoms with van der Waals surface area (Å²) in [6, 6.07) is 0. The molecule has 5 heteroatoms. The summed E-state index contributed by atoms with van der Waals surface area (Å²) in [5.74, 6) is -2.13. The molecule has 1 heterocycles. The number of carboxylic acids is 1. The van der Waals surface area contributed by atoms with Gasteiger partial charge in [-0.05, 0) is 0 Å². The van der Waals surface area contributed by atoms with Crippen LogP contribution in [0, 0.1) is 5.82 Å². The molecule has 0 aromatic carbocycles. The van der Waals surface area contributed by atoms with Crippen LogP contribution in [0.5, 0.6) is 0 Å². The number of rotatable bonds is 1. The van der Waals surface area contributed by atoms with E-state index in [0.717, 1.165) is 11.3 Å². The van der Waals surface area contributed by atoms with Gasteiger partial charge in [-0.25, -0.2) is 9.18 Å². The maximum absolute atomic E-state index is 12.5. The van der Waals surface area contributed by atoms with Crippen molar-refractivity contribution in [2.24, 2.45) is 0 Å². The summed E-state index contributed by atoms with van der Waals surface area (Å²) in [7, 11) is 0. The molecule has 10 heavy (non-hydrogen) atoms. The van der Waals surface area contributed by atoms with Crippen molar-refractivity contribution in [1.29, 1.82) is 0 Å². The predicted molar refractivity (Wildman–Crippen MR) is 36.2 cm³/mol. The molecule has 0 fully saturated rings. The zero-order chi connectivity index (χ0) is 7.72. The fourth-order valence-corrected chi connectivity index (χ4v) is 1.39. The Balaban J connectivity index is 3.17. The monoisotopic (exact) mass is 180 g/mol. The number of thiophene rings is 1. The highest BCUT2D eigenvalue weighted by Gasteiger charge is 2.15. The van der Waals surface area contributed by atoms with Crippen LogP contribution >= 0.6 is 22.9 Å². The lowest BCUT2D eigenvalue weighted by molar-refractivity contribution is 0.0698. The van der Waals surface area contributed by atoms with Crippen molar-refractivity contribution < 1.29 is 14.3 Å². The van der Waals surface area contributed by atoms with Gasteiger partial charge in [0.15, 0.2) is 5.82 Å². The van der Waals surface area contributed by atoms with Gasteiger partial charge in [0.2, 0.25) is 0 Å². The molecule has 2 nitrogen and oxygen atoms in total. The molecule has 1 N–H and O–H groups in total. The van der Waals surface area contributed by atoms with Gasteiger partial charge in [-0.2, -0.15) is 0 Å². The van der Waals surface area contributed by atoms with Gasteiger partial charge in [-0.1, -0.05) is 11.6 Å². The Morgan fingerprint density at radius 1 is 1.80 bits per heavy atom. The molecule has 0 unspecified atom stereocenters. The van der Waals surface area contributed by atoms with Gasteiger partial charge >= 0.3 is 5.97 Å². The fraction of sp³-hybridized carbons (Fsp3) is 0. The van der Waals surface area contributed by atoms with Crippen LogP contribution < -0.4 is 0 Å². The number of aromatic carboxylic acids is 1. The molecule has 0 aliphatic carbocycles. The van der Waals surface area contributed by atoms with E-state index in [1.807, 2.05) is 0 Å². The lowest BCUT2D eigenvalue weighted by atomic mass is 10.4. The maximum Gasteiger partial charge on any atom is 0.348 e. The van der Waals surface area contributed by atoms with Crippen molar-refractivity contribution in [3.8, 4) is 0 Å². The Kier molecular flexibility index (Phi) is 1.92. The van der Waals surface area contributed by atoms with E-state index in [-0.39, 0.29) is 9.90 Å². The zero-order valence-corrected chi connectivity index (χ0v) is 6.17. The van der Waals surface area contributed by atoms with Crippen LogP contribution in [-0.2, 0) is 0 Å². The summed E-state index contributed by atoms with van der Waals surface area (Å²) >= 11 is 6.02. The minimum atomic E-state index is -1.28. The van der Waals surface area contributed by atoms with Gasteiger partial charge in [-0.3, -0.25) is 0 Å². The Hall–Kier alpha value is -0.610. The van der Waals surface area contributed by atoms with Crippen LogP contribution in [0.25, 0.3) is 0 Å². The van der Waals surface area contributed by atoms with Gasteiger partial charge in [0.1, 0.15) is 4.88 Å². The largest absolute Gasteiger partial charge is 0.477 e. The molecule has 0 saturated carbocycles. The SMILES string of the molecule is O=C(O)c1scc(Cl)c1F. The van der Waals surface area contributed by atoms with Crippen molar-refractivity contribution in [2.45, 2.75) is 0 Å². The van der Waals surface area contributed by atoms with Crippen molar-refractivity contribution in [2.75, 3.05) is 0 Å². The van der Waals surface area contributed by atoms with Crippen LogP contribution in [0.2, 0.25) is 5.02 Å². The van der Waals surface area contributed by atoms with Crippen molar-refractivity contribution in [3.63, 3.8) is 0 Å². The van der Waals surface area contributed by atoms with Gasteiger partial charge in [0, 0.05) is 5.38 Å². The summed E-state index contributed by atoms with van der Waals surface area (Å²) in [6.07, 6.45) is 0. The topological polar surface area (TPSA) is 37.3 Å². The molecule has 0 spiro atoms. The van der Waals surface area contributed by atoms with Gasteiger partial charge in [0.25, 0.3) is 0 Å². The molecular weight excluding hydrogens is 179 g/mol. The third-order valence-electron chi connectivity index (χ3n) is 0.884. The third kappa shape index (κ3) is 1.12. The molecule has 0 aliphatic rings. The fourth-order valence-electron chi connectivity index (χ4n) is 0.467. The maximum atomic E-state index is 12.5. The van der Waals surface area contributed by atoms with E-state index in [2.05, 4.69) is 0 Å². The molecule has 0 atom stereocenters. The first kappa shape index (κ1) is 7.50. The first-order chi connectivity index (χ1) is 4.63. The molecule has 54 valence electrons. The molecule has 0 radical (unpaired) electrons. The smallest absolute Gasteiger partial charge is 0.348 e. The quantitative estimate of drug-likeness (QED) is 0.720. The zero-order valence-electron chi connectivity index (χ0n) is 4.60. The van der Waals surface area contributed by atoms with Gasteiger partial charge in [0.05, 0.1) is 5.02 Å². The van der Waals surface area contributed by atoms with Gasteiger partial charge in [-0.15, -0.1) is 11.3 Å². The first-order valence-electron chi connectivity index (χ1n) is 2.28. The summed E-state index contributed by atoms with van der Waals surface area (Å²) in [5.41, 5.74) is 0.